The lowest BCUT2D eigenvalue weighted by Crippen LogP contribution is -2.54. The Morgan fingerprint density at radius 1 is 1.00 bits per heavy atom. The van der Waals surface area contributed by atoms with E-state index in [-0.39, 0.29) is 12.1 Å². The van der Waals surface area contributed by atoms with Crippen LogP contribution in [0.1, 0.15) is 38.5 Å². The van der Waals surface area contributed by atoms with Gasteiger partial charge in [-0.2, -0.15) is 0 Å². The summed E-state index contributed by atoms with van der Waals surface area (Å²) in [7, 11) is 2.20. The zero-order valence-corrected chi connectivity index (χ0v) is 14.4. The first kappa shape index (κ1) is 17.0. The van der Waals surface area contributed by atoms with Gasteiger partial charge < -0.3 is 25.1 Å². The van der Waals surface area contributed by atoms with Gasteiger partial charge >= 0.3 is 6.03 Å². The molecule has 0 aliphatic carbocycles. The fourth-order valence-corrected chi connectivity index (χ4v) is 4.17. The van der Waals surface area contributed by atoms with Gasteiger partial charge in [0.2, 0.25) is 0 Å². The molecule has 6 heteroatoms. The molecule has 3 aliphatic rings. The maximum atomic E-state index is 12.3. The van der Waals surface area contributed by atoms with Gasteiger partial charge in [-0.3, -0.25) is 0 Å². The molecule has 0 aromatic carbocycles. The number of piperidine rings is 3. The van der Waals surface area contributed by atoms with Crippen molar-refractivity contribution in [1.82, 2.24) is 20.0 Å². The second-order valence-corrected chi connectivity index (χ2v) is 7.54. The van der Waals surface area contributed by atoms with E-state index in [2.05, 4.69) is 22.2 Å². The molecular weight excluding hydrogens is 292 g/mol. The zero-order valence-electron chi connectivity index (χ0n) is 14.4. The molecule has 0 aromatic heterocycles. The molecule has 132 valence electrons. The SMILES string of the molecule is CN1CCC(N2CCC(NC(=O)N3CCCC(O)C3)CC2)CC1. The predicted molar refractivity (Wildman–Crippen MR) is 90.5 cm³/mol. The summed E-state index contributed by atoms with van der Waals surface area (Å²) in [5, 5.41) is 12.9. The van der Waals surface area contributed by atoms with Gasteiger partial charge in [-0.05, 0) is 58.7 Å². The van der Waals surface area contributed by atoms with Crippen LogP contribution in [0, 0.1) is 0 Å². The summed E-state index contributed by atoms with van der Waals surface area (Å²) in [5.41, 5.74) is 0. The number of likely N-dealkylation sites (tertiary alicyclic amines) is 3. The minimum atomic E-state index is -0.346. The van der Waals surface area contributed by atoms with Crippen LogP contribution >= 0.6 is 0 Å². The molecule has 3 rings (SSSR count). The third kappa shape index (κ3) is 4.58. The highest BCUT2D eigenvalue weighted by atomic mass is 16.3. The second kappa shape index (κ2) is 7.81. The Hall–Kier alpha value is -0.850. The van der Waals surface area contributed by atoms with Gasteiger partial charge in [0.05, 0.1) is 6.10 Å². The smallest absolute Gasteiger partial charge is 0.317 e. The lowest BCUT2D eigenvalue weighted by Gasteiger charge is -2.41. The molecule has 2 amide bonds. The van der Waals surface area contributed by atoms with E-state index in [4.69, 9.17) is 0 Å². The maximum Gasteiger partial charge on any atom is 0.317 e. The van der Waals surface area contributed by atoms with Crippen molar-refractivity contribution in [2.75, 3.05) is 46.3 Å². The monoisotopic (exact) mass is 324 g/mol. The van der Waals surface area contributed by atoms with Crippen molar-refractivity contribution in [2.45, 2.75) is 56.7 Å². The van der Waals surface area contributed by atoms with Crippen molar-refractivity contribution in [3.8, 4) is 0 Å². The molecule has 3 heterocycles. The predicted octanol–water partition coefficient (Wildman–Crippen LogP) is 0.711. The van der Waals surface area contributed by atoms with Crippen LogP contribution in [0.4, 0.5) is 4.79 Å². The Morgan fingerprint density at radius 3 is 2.35 bits per heavy atom. The van der Waals surface area contributed by atoms with E-state index in [0.717, 1.165) is 51.4 Å². The summed E-state index contributed by atoms with van der Waals surface area (Å²) in [4.78, 5) is 19.1. The van der Waals surface area contributed by atoms with Crippen LogP contribution in [0.5, 0.6) is 0 Å². The normalized spacial score (nSPS) is 29.7. The summed E-state index contributed by atoms with van der Waals surface area (Å²) in [5.74, 6) is 0. The zero-order chi connectivity index (χ0) is 16.2. The van der Waals surface area contributed by atoms with Crippen molar-refractivity contribution in [1.29, 1.82) is 0 Å². The van der Waals surface area contributed by atoms with E-state index in [1.54, 1.807) is 4.90 Å². The number of nitrogens with one attached hydrogen (secondary N) is 1. The minimum Gasteiger partial charge on any atom is -0.391 e. The number of nitrogens with zero attached hydrogens (tertiary/aromatic N) is 3. The molecule has 2 N–H and O–H groups in total. The van der Waals surface area contributed by atoms with Gasteiger partial charge in [-0.15, -0.1) is 0 Å². The summed E-state index contributed by atoms with van der Waals surface area (Å²) in [6.07, 6.45) is 6.03. The number of hydrogen-bond acceptors (Lipinski definition) is 4. The number of amides is 2. The molecule has 6 nitrogen and oxygen atoms in total. The Morgan fingerprint density at radius 2 is 1.70 bits per heavy atom. The van der Waals surface area contributed by atoms with Crippen LogP contribution in [-0.4, -0.2) is 90.3 Å². The number of rotatable bonds is 2. The first-order chi connectivity index (χ1) is 11.1. The van der Waals surface area contributed by atoms with Crippen LogP contribution in [0.25, 0.3) is 0 Å². The first-order valence-electron chi connectivity index (χ1n) is 9.28. The van der Waals surface area contributed by atoms with Crippen molar-refractivity contribution >= 4 is 6.03 Å². The van der Waals surface area contributed by atoms with Gasteiger partial charge in [0.1, 0.15) is 0 Å². The molecule has 1 atom stereocenters. The van der Waals surface area contributed by atoms with Crippen molar-refractivity contribution in [3.05, 3.63) is 0 Å². The van der Waals surface area contributed by atoms with E-state index < -0.39 is 0 Å². The van der Waals surface area contributed by atoms with Gasteiger partial charge in [-0.25, -0.2) is 4.79 Å². The van der Waals surface area contributed by atoms with Crippen LogP contribution in [0.2, 0.25) is 0 Å². The first-order valence-corrected chi connectivity index (χ1v) is 9.28. The fourth-order valence-electron chi connectivity index (χ4n) is 4.17. The quantitative estimate of drug-likeness (QED) is 0.785. The van der Waals surface area contributed by atoms with Gasteiger partial charge in [0, 0.05) is 38.3 Å². The average Bonchev–Trinajstić information content (AvgIpc) is 2.56. The average molecular weight is 324 g/mol. The van der Waals surface area contributed by atoms with E-state index in [0.29, 0.717) is 12.6 Å². The molecule has 23 heavy (non-hydrogen) atoms. The van der Waals surface area contributed by atoms with Gasteiger partial charge in [0.15, 0.2) is 0 Å². The lowest BCUT2D eigenvalue weighted by molar-refractivity contribution is 0.0765. The molecule has 3 fully saturated rings. The number of carbonyl (C=O) groups is 1. The standard InChI is InChI=1S/C17H32N4O2/c1-19-9-6-15(7-10-19)20-11-4-14(5-12-20)18-17(23)21-8-2-3-16(22)13-21/h14-16,22H,2-13H2,1H3,(H,18,23). The number of β-amino-alcohol motifs (C(OH)–C–C–N with tert-alkyl or cyclic N) is 1. The highest BCUT2D eigenvalue weighted by Crippen LogP contribution is 2.21. The van der Waals surface area contributed by atoms with Gasteiger partial charge in [0.25, 0.3) is 0 Å². The summed E-state index contributed by atoms with van der Waals surface area (Å²) < 4.78 is 0. The topological polar surface area (TPSA) is 59.0 Å². The highest BCUT2D eigenvalue weighted by Gasteiger charge is 2.29. The molecule has 3 aliphatic heterocycles. The summed E-state index contributed by atoms with van der Waals surface area (Å²) >= 11 is 0. The number of aliphatic hydroxyl groups excluding tert-OH is 1. The van der Waals surface area contributed by atoms with E-state index in [9.17, 15) is 9.90 Å². The van der Waals surface area contributed by atoms with Crippen LogP contribution < -0.4 is 5.32 Å². The lowest BCUT2D eigenvalue weighted by atomic mass is 9.98. The number of urea groups is 1. The fraction of sp³-hybridized carbons (Fsp3) is 0.941. The Balaban J connectivity index is 1.39. The molecule has 0 bridgehead atoms. The highest BCUT2D eigenvalue weighted by molar-refractivity contribution is 5.74. The Kier molecular flexibility index (Phi) is 5.77. The third-order valence-corrected chi connectivity index (χ3v) is 5.75. The van der Waals surface area contributed by atoms with Crippen molar-refractivity contribution in [2.24, 2.45) is 0 Å². The van der Waals surface area contributed by atoms with E-state index >= 15 is 0 Å². The molecule has 0 spiro atoms. The van der Waals surface area contributed by atoms with Crippen LogP contribution in [-0.2, 0) is 0 Å². The summed E-state index contributed by atoms with van der Waals surface area (Å²) in [6.45, 7) is 5.87. The molecule has 0 radical (unpaired) electrons. The Bertz CT molecular complexity index is 390. The van der Waals surface area contributed by atoms with Crippen molar-refractivity contribution < 1.29 is 9.90 Å². The summed E-state index contributed by atoms with van der Waals surface area (Å²) in [6, 6.07) is 1.05. The molecule has 0 aromatic rings. The van der Waals surface area contributed by atoms with E-state index in [1.165, 1.54) is 25.9 Å². The molecule has 0 saturated carbocycles. The third-order valence-electron chi connectivity index (χ3n) is 5.75. The van der Waals surface area contributed by atoms with Crippen LogP contribution in [0.3, 0.4) is 0 Å². The van der Waals surface area contributed by atoms with E-state index in [1.807, 2.05) is 0 Å². The minimum absolute atomic E-state index is 0.0153. The maximum absolute atomic E-state index is 12.3. The second-order valence-electron chi connectivity index (χ2n) is 7.54. The molecule has 1 unspecified atom stereocenters. The van der Waals surface area contributed by atoms with Gasteiger partial charge in [-0.1, -0.05) is 0 Å². The largest absolute Gasteiger partial charge is 0.391 e. The molecular formula is C17H32N4O2. The molecule has 3 saturated heterocycles. The van der Waals surface area contributed by atoms with Crippen molar-refractivity contribution in [3.63, 3.8) is 0 Å². The number of carbonyl (C=O) groups excluding carboxylic acids is 1. The number of hydrogen-bond donors (Lipinski definition) is 2. The number of aliphatic hydroxyl groups is 1. The Labute approximate surface area is 139 Å². The van der Waals surface area contributed by atoms with Crippen LogP contribution in [0.15, 0.2) is 0 Å².